The van der Waals surface area contributed by atoms with Crippen LogP contribution >= 0.6 is 0 Å². The van der Waals surface area contributed by atoms with Crippen LogP contribution in [0.15, 0.2) is 67.0 Å². The maximum absolute atomic E-state index is 12.3. The lowest BCUT2D eigenvalue weighted by Crippen LogP contribution is -2.30. The average molecular weight is 386 g/mol. The van der Waals surface area contributed by atoms with Gasteiger partial charge in [0, 0.05) is 31.7 Å². The predicted molar refractivity (Wildman–Crippen MR) is 101 cm³/mol. The summed E-state index contributed by atoms with van der Waals surface area (Å²) in [5, 5.41) is 6.99. The van der Waals surface area contributed by atoms with Crippen molar-refractivity contribution in [3.63, 3.8) is 0 Å². The van der Waals surface area contributed by atoms with E-state index in [-0.39, 0.29) is 11.8 Å². The number of alkyl halides is 2. The summed E-state index contributed by atoms with van der Waals surface area (Å²) in [6.45, 7) is -1.87. The Balaban J connectivity index is 1.52. The van der Waals surface area contributed by atoms with Crippen molar-refractivity contribution in [2.45, 2.75) is 19.7 Å². The van der Waals surface area contributed by atoms with Gasteiger partial charge in [0.15, 0.2) is 0 Å². The number of anilines is 1. The van der Waals surface area contributed by atoms with E-state index >= 15 is 0 Å². The Morgan fingerprint density at radius 2 is 1.82 bits per heavy atom. The molecule has 0 atom stereocenters. The Morgan fingerprint density at radius 3 is 2.43 bits per heavy atom. The second-order valence-corrected chi connectivity index (χ2v) is 6.21. The van der Waals surface area contributed by atoms with Crippen LogP contribution in [0.3, 0.4) is 0 Å². The highest BCUT2D eigenvalue weighted by atomic mass is 19.3. The van der Waals surface area contributed by atoms with Crippen molar-refractivity contribution in [3.05, 3.63) is 78.1 Å². The third-order valence-electron chi connectivity index (χ3n) is 4.02. The number of carbonyl (C=O) groups is 1. The van der Waals surface area contributed by atoms with Crippen molar-refractivity contribution in [1.82, 2.24) is 14.7 Å². The minimum absolute atomic E-state index is 0.0843. The molecule has 2 amide bonds. The van der Waals surface area contributed by atoms with Crippen LogP contribution in [0.2, 0.25) is 0 Å². The number of nitrogens with zero attached hydrogens (tertiary/aromatic N) is 3. The zero-order valence-corrected chi connectivity index (χ0v) is 15.3. The number of urea groups is 1. The Hall–Kier alpha value is -3.42. The van der Waals surface area contributed by atoms with Gasteiger partial charge in [-0.15, -0.1) is 0 Å². The lowest BCUT2D eigenvalue weighted by Gasteiger charge is -2.18. The number of benzene rings is 2. The molecule has 0 radical (unpaired) electrons. The Labute approximate surface area is 161 Å². The fourth-order valence-electron chi connectivity index (χ4n) is 2.62. The van der Waals surface area contributed by atoms with Crippen LogP contribution in [0.25, 0.3) is 0 Å². The molecule has 0 aliphatic rings. The number of amides is 2. The first-order chi connectivity index (χ1) is 13.5. The van der Waals surface area contributed by atoms with Gasteiger partial charge in [-0.3, -0.25) is 4.68 Å². The normalized spacial score (nSPS) is 10.7. The molecule has 1 heterocycles. The van der Waals surface area contributed by atoms with Crippen molar-refractivity contribution in [2.75, 3.05) is 12.4 Å². The first-order valence-corrected chi connectivity index (χ1v) is 8.62. The van der Waals surface area contributed by atoms with Crippen LogP contribution in [-0.4, -0.2) is 34.4 Å². The van der Waals surface area contributed by atoms with Crippen LogP contribution in [0.1, 0.15) is 11.1 Å². The molecule has 6 nitrogen and oxygen atoms in total. The molecule has 146 valence electrons. The van der Waals surface area contributed by atoms with Gasteiger partial charge in [0.05, 0.1) is 6.54 Å². The highest BCUT2D eigenvalue weighted by molar-refractivity contribution is 5.89. The van der Waals surface area contributed by atoms with Crippen molar-refractivity contribution >= 4 is 11.7 Å². The van der Waals surface area contributed by atoms with Gasteiger partial charge in [-0.05, 0) is 41.5 Å². The number of halogens is 2. The Kier molecular flexibility index (Phi) is 6.21. The van der Waals surface area contributed by atoms with Gasteiger partial charge in [0.2, 0.25) is 0 Å². The third kappa shape index (κ3) is 5.54. The predicted octanol–water partition coefficient (Wildman–Crippen LogP) is 4.20. The summed E-state index contributed by atoms with van der Waals surface area (Å²) in [5.41, 5.74) is 2.55. The monoisotopic (exact) mass is 386 g/mol. The lowest BCUT2D eigenvalue weighted by atomic mass is 10.2. The van der Waals surface area contributed by atoms with Gasteiger partial charge in [-0.25, -0.2) is 4.79 Å². The molecule has 1 N–H and O–H groups in total. The molecule has 0 bridgehead atoms. The summed E-state index contributed by atoms with van der Waals surface area (Å²) >= 11 is 0. The molecule has 8 heteroatoms. The quantitative estimate of drug-likeness (QED) is 0.662. The van der Waals surface area contributed by atoms with Crippen molar-refractivity contribution in [2.24, 2.45) is 0 Å². The summed E-state index contributed by atoms with van der Waals surface area (Å²) in [4.78, 5) is 13.8. The second kappa shape index (κ2) is 8.98. The molecule has 0 saturated carbocycles. The molecule has 0 spiro atoms. The van der Waals surface area contributed by atoms with Crippen molar-refractivity contribution < 1.29 is 18.3 Å². The molecule has 0 aliphatic heterocycles. The molecule has 0 fully saturated rings. The van der Waals surface area contributed by atoms with E-state index in [1.165, 1.54) is 17.0 Å². The number of ether oxygens (including phenoxy) is 1. The molecular formula is C20H20F2N4O2. The van der Waals surface area contributed by atoms with E-state index in [0.717, 1.165) is 11.1 Å². The number of hydrogen-bond donors (Lipinski definition) is 1. The molecule has 0 saturated heterocycles. The van der Waals surface area contributed by atoms with E-state index in [2.05, 4.69) is 15.2 Å². The summed E-state index contributed by atoms with van der Waals surface area (Å²) in [6, 6.07) is 15.3. The summed E-state index contributed by atoms with van der Waals surface area (Å²) in [6.07, 6.45) is 3.61. The molecule has 3 aromatic rings. The lowest BCUT2D eigenvalue weighted by molar-refractivity contribution is -0.0498. The largest absolute Gasteiger partial charge is 0.435 e. The number of carbonyl (C=O) groups excluding carboxylic acids is 1. The average Bonchev–Trinajstić information content (AvgIpc) is 3.17. The molecule has 0 unspecified atom stereocenters. The van der Waals surface area contributed by atoms with Gasteiger partial charge in [0.1, 0.15) is 5.75 Å². The molecule has 1 aromatic heterocycles. The number of nitrogens with one attached hydrogen (secondary N) is 1. The van der Waals surface area contributed by atoms with E-state index in [9.17, 15) is 13.6 Å². The van der Waals surface area contributed by atoms with Crippen LogP contribution in [-0.2, 0) is 13.1 Å². The minimum Gasteiger partial charge on any atom is -0.435 e. The highest BCUT2D eigenvalue weighted by Gasteiger charge is 2.10. The molecule has 0 aliphatic carbocycles. The minimum atomic E-state index is -2.86. The highest BCUT2D eigenvalue weighted by Crippen LogP contribution is 2.16. The van der Waals surface area contributed by atoms with Crippen LogP contribution < -0.4 is 10.1 Å². The Bertz CT molecular complexity index is 882. The Morgan fingerprint density at radius 1 is 1.14 bits per heavy atom. The standard InChI is InChI=1S/C20H20F2N4O2/c1-25(13-15-5-9-18(10-6-15)28-19(21)22)20(27)24-17-7-3-16(4-8-17)14-26-12-2-11-23-26/h2-12,19H,13-14H2,1H3,(H,24,27). The third-order valence-corrected chi connectivity index (χ3v) is 4.02. The maximum atomic E-state index is 12.3. The van der Waals surface area contributed by atoms with E-state index < -0.39 is 6.61 Å². The van der Waals surface area contributed by atoms with Crippen LogP contribution in [0, 0.1) is 0 Å². The summed E-state index contributed by atoms with van der Waals surface area (Å²) in [5.74, 6) is 0.0843. The van der Waals surface area contributed by atoms with Crippen molar-refractivity contribution in [3.8, 4) is 5.75 Å². The van der Waals surface area contributed by atoms with E-state index in [1.807, 2.05) is 41.2 Å². The summed E-state index contributed by atoms with van der Waals surface area (Å²) < 4.78 is 30.5. The molecule has 2 aromatic carbocycles. The SMILES string of the molecule is CN(Cc1ccc(OC(F)F)cc1)C(=O)Nc1ccc(Cn2cccn2)cc1. The number of aromatic nitrogens is 2. The number of rotatable bonds is 7. The summed E-state index contributed by atoms with van der Waals surface area (Å²) in [7, 11) is 1.66. The van der Waals surface area contributed by atoms with E-state index in [0.29, 0.717) is 18.8 Å². The van der Waals surface area contributed by atoms with Crippen LogP contribution in [0.4, 0.5) is 19.3 Å². The zero-order valence-electron chi connectivity index (χ0n) is 15.3. The molecule has 28 heavy (non-hydrogen) atoms. The topological polar surface area (TPSA) is 59.4 Å². The number of hydrogen-bond acceptors (Lipinski definition) is 3. The fraction of sp³-hybridized carbons (Fsp3) is 0.200. The van der Waals surface area contributed by atoms with E-state index in [4.69, 9.17) is 0 Å². The second-order valence-electron chi connectivity index (χ2n) is 6.21. The fourth-order valence-corrected chi connectivity index (χ4v) is 2.62. The molecule has 3 rings (SSSR count). The molecular weight excluding hydrogens is 366 g/mol. The van der Waals surface area contributed by atoms with Gasteiger partial charge in [0.25, 0.3) is 0 Å². The first-order valence-electron chi connectivity index (χ1n) is 8.62. The van der Waals surface area contributed by atoms with Gasteiger partial charge in [-0.2, -0.15) is 13.9 Å². The zero-order chi connectivity index (χ0) is 19.9. The smallest absolute Gasteiger partial charge is 0.387 e. The van der Waals surface area contributed by atoms with Crippen LogP contribution in [0.5, 0.6) is 5.75 Å². The first kappa shape index (κ1) is 19.3. The van der Waals surface area contributed by atoms with Crippen molar-refractivity contribution in [1.29, 1.82) is 0 Å². The van der Waals surface area contributed by atoms with Gasteiger partial charge >= 0.3 is 12.6 Å². The van der Waals surface area contributed by atoms with Gasteiger partial charge < -0.3 is 15.0 Å². The van der Waals surface area contributed by atoms with E-state index in [1.54, 1.807) is 25.4 Å². The van der Waals surface area contributed by atoms with Gasteiger partial charge in [-0.1, -0.05) is 24.3 Å². The maximum Gasteiger partial charge on any atom is 0.387 e.